The molecule has 1 aliphatic rings. The molecule has 8 heteroatoms. The number of carbonyl (C=O) groups excluding carboxylic acids is 1. The Morgan fingerprint density at radius 2 is 1.39 bits per heavy atom. The first-order valence-electron chi connectivity index (χ1n) is 18.0. The van der Waals surface area contributed by atoms with Gasteiger partial charge < -0.3 is 24.1 Å². The van der Waals surface area contributed by atoms with Crippen molar-refractivity contribution in [1.29, 1.82) is 0 Å². The van der Waals surface area contributed by atoms with E-state index in [9.17, 15) is 19.8 Å². The molecule has 0 aromatic heterocycles. The third-order valence-corrected chi connectivity index (χ3v) is 14.9. The molecular formula is C41H56O7Si. The molecule has 0 aliphatic heterocycles. The lowest BCUT2D eigenvalue weighted by Gasteiger charge is -2.38. The largest absolute Gasteiger partial charge is 0.494 e. The van der Waals surface area contributed by atoms with Gasteiger partial charge in [-0.2, -0.15) is 0 Å². The van der Waals surface area contributed by atoms with Gasteiger partial charge in [0.1, 0.15) is 18.0 Å². The molecule has 0 saturated heterocycles. The van der Waals surface area contributed by atoms with Crippen LogP contribution in [0.15, 0.2) is 84.9 Å². The van der Waals surface area contributed by atoms with Gasteiger partial charge in [-0.3, -0.25) is 0 Å². The highest BCUT2D eigenvalue weighted by Crippen LogP contribution is 2.42. The Hall–Kier alpha value is -3.46. The van der Waals surface area contributed by atoms with Gasteiger partial charge in [-0.15, -0.1) is 0 Å². The molecule has 4 rings (SSSR count). The van der Waals surface area contributed by atoms with Crippen LogP contribution < -0.4 is 4.74 Å². The summed E-state index contributed by atoms with van der Waals surface area (Å²) in [5.74, 6) is -0.375. The molecule has 3 aromatic rings. The highest BCUT2D eigenvalue weighted by atomic mass is 28.4. The maximum Gasteiger partial charge on any atom is 0.338 e. The Morgan fingerprint density at radius 3 is 2.02 bits per heavy atom. The van der Waals surface area contributed by atoms with Gasteiger partial charge >= 0.3 is 11.9 Å². The molecular weight excluding hydrogens is 633 g/mol. The van der Waals surface area contributed by atoms with Crippen molar-refractivity contribution in [2.45, 2.75) is 115 Å². The summed E-state index contributed by atoms with van der Waals surface area (Å²) in [7, 11) is -2.22. The lowest BCUT2D eigenvalue weighted by Crippen LogP contribution is -2.46. The van der Waals surface area contributed by atoms with Crippen molar-refractivity contribution < 1.29 is 33.7 Å². The molecule has 1 saturated carbocycles. The molecule has 2 unspecified atom stereocenters. The number of rotatable bonds is 18. The Morgan fingerprint density at radius 1 is 0.796 bits per heavy atom. The Kier molecular flexibility index (Phi) is 14.1. The number of hydrogen-bond donors (Lipinski definition) is 2. The normalized spacial score (nSPS) is 20.1. The molecule has 2 N–H and O–H groups in total. The number of ether oxygens (including phenoxy) is 2. The fourth-order valence-electron chi connectivity index (χ4n) is 6.57. The lowest BCUT2D eigenvalue weighted by atomic mass is 9.85. The Bertz CT molecular complexity index is 1440. The lowest BCUT2D eigenvalue weighted by molar-refractivity contribution is -0.146. The van der Waals surface area contributed by atoms with Crippen molar-refractivity contribution in [1.82, 2.24) is 0 Å². The maximum absolute atomic E-state index is 13.4. The average molecular weight is 689 g/mol. The Balaban J connectivity index is 1.35. The SMILES string of the molecule is CC(C)(C)[Si](C)(C)OC(CCCCC[C@H]1[C@@H](OC(=O)c2ccc(-c3ccccc3)cc2)CC(O)[C@@H]1CCCCOc1ccccc1)C(=O)O. The minimum Gasteiger partial charge on any atom is -0.494 e. The zero-order valence-electron chi connectivity index (χ0n) is 30.0. The molecule has 266 valence electrons. The zero-order valence-corrected chi connectivity index (χ0v) is 31.0. The third kappa shape index (κ3) is 11.3. The molecule has 0 heterocycles. The van der Waals surface area contributed by atoms with E-state index < -0.39 is 26.5 Å². The van der Waals surface area contributed by atoms with E-state index in [1.165, 1.54) is 0 Å². The van der Waals surface area contributed by atoms with Crippen LogP contribution in [0, 0.1) is 11.8 Å². The van der Waals surface area contributed by atoms with E-state index in [1.54, 1.807) is 12.1 Å². The third-order valence-electron chi connectivity index (χ3n) is 10.4. The molecule has 1 aliphatic carbocycles. The number of carbonyl (C=O) groups is 2. The van der Waals surface area contributed by atoms with Gasteiger partial charge in [0, 0.05) is 12.3 Å². The van der Waals surface area contributed by atoms with Crippen LogP contribution in [0.1, 0.15) is 88.9 Å². The number of aliphatic hydroxyl groups excluding tert-OH is 1. The van der Waals surface area contributed by atoms with Crippen LogP contribution in [0.3, 0.4) is 0 Å². The molecule has 3 aromatic carbocycles. The van der Waals surface area contributed by atoms with E-state index in [4.69, 9.17) is 13.9 Å². The molecule has 1 fully saturated rings. The summed E-state index contributed by atoms with van der Waals surface area (Å²) in [6.07, 6.45) is 4.99. The summed E-state index contributed by atoms with van der Waals surface area (Å²) in [6, 6.07) is 27.3. The van der Waals surface area contributed by atoms with Gasteiger partial charge in [0.15, 0.2) is 8.32 Å². The van der Waals surface area contributed by atoms with E-state index in [1.807, 2.05) is 72.8 Å². The number of aliphatic hydroxyl groups is 1. The van der Waals surface area contributed by atoms with Crippen molar-refractivity contribution in [3.63, 3.8) is 0 Å². The number of esters is 1. The smallest absolute Gasteiger partial charge is 0.338 e. The second-order valence-corrected chi connectivity index (χ2v) is 19.8. The van der Waals surface area contributed by atoms with Gasteiger partial charge in [0.2, 0.25) is 0 Å². The zero-order chi connectivity index (χ0) is 35.4. The fourth-order valence-corrected chi connectivity index (χ4v) is 7.85. The van der Waals surface area contributed by atoms with Crippen molar-refractivity contribution in [3.8, 4) is 16.9 Å². The van der Waals surface area contributed by atoms with E-state index in [-0.39, 0.29) is 28.9 Å². The topological polar surface area (TPSA) is 102 Å². The van der Waals surface area contributed by atoms with Crippen LogP contribution in [0.4, 0.5) is 0 Å². The number of carboxylic acids is 1. The summed E-state index contributed by atoms with van der Waals surface area (Å²) < 4.78 is 18.3. The number of hydrogen-bond acceptors (Lipinski definition) is 6. The van der Waals surface area contributed by atoms with Gasteiger partial charge in [0.05, 0.1) is 18.3 Å². The number of unbranched alkanes of at least 4 members (excludes halogenated alkanes) is 3. The Labute approximate surface area is 294 Å². The van der Waals surface area contributed by atoms with E-state index >= 15 is 0 Å². The molecule has 0 amide bonds. The summed E-state index contributed by atoms with van der Waals surface area (Å²) >= 11 is 0. The monoisotopic (exact) mass is 688 g/mol. The molecule has 0 spiro atoms. The first kappa shape index (κ1) is 38.3. The highest BCUT2D eigenvalue weighted by Gasteiger charge is 2.44. The summed E-state index contributed by atoms with van der Waals surface area (Å²) in [5.41, 5.74) is 2.61. The average Bonchev–Trinajstić information content (AvgIpc) is 3.36. The molecule has 7 nitrogen and oxygen atoms in total. The van der Waals surface area contributed by atoms with Crippen LogP contribution in [0.25, 0.3) is 11.1 Å². The van der Waals surface area contributed by atoms with Gasteiger partial charge in [0.25, 0.3) is 0 Å². The summed E-state index contributed by atoms with van der Waals surface area (Å²) in [4.78, 5) is 25.4. The minimum absolute atomic E-state index is 0.0173. The van der Waals surface area contributed by atoms with Gasteiger partial charge in [-0.05, 0) is 91.5 Å². The van der Waals surface area contributed by atoms with Crippen molar-refractivity contribution in [3.05, 3.63) is 90.5 Å². The number of benzene rings is 3. The predicted octanol–water partition coefficient (Wildman–Crippen LogP) is 9.55. The second-order valence-electron chi connectivity index (χ2n) is 15.0. The van der Waals surface area contributed by atoms with Crippen LogP contribution in [0.2, 0.25) is 18.1 Å². The van der Waals surface area contributed by atoms with Crippen LogP contribution in [0.5, 0.6) is 5.75 Å². The summed E-state index contributed by atoms with van der Waals surface area (Å²) in [5, 5.41) is 21.0. The molecule has 49 heavy (non-hydrogen) atoms. The molecule has 5 atom stereocenters. The first-order chi connectivity index (χ1) is 23.4. The number of carboxylic acid groups (broad SMARTS) is 1. The van der Waals surface area contributed by atoms with Crippen LogP contribution in [-0.4, -0.2) is 55.4 Å². The second kappa shape index (κ2) is 18.0. The number of aliphatic carboxylic acids is 1. The molecule has 0 radical (unpaired) electrons. The van der Waals surface area contributed by atoms with Crippen molar-refractivity contribution in [2.75, 3.05) is 6.61 Å². The number of para-hydroxylation sites is 1. The maximum atomic E-state index is 13.4. The van der Waals surface area contributed by atoms with Gasteiger partial charge in [-0.1, -0.05) is 101 Å². The highest BCUT2D eigenvalue weighted by molar-refractivity contribution is 6.74. The first-order valence-corrected chi connectivity index (χ1v) is 20.9. The van der Waals surface area contributed by atoms with Crippen molar-refractivity contribution >= 4 is 20.3 Å². The van der Waals surface area contributed by atoms with E-state index in [0.29, 0.717) is 25.0 Å². The van der Waals surface area contributed by atoms with Gasteiger partial charge in [-0.25, -0.2) is 9.59 Å². The van der Waals surface area contributed by atoms with Crippen LogP contribution in [-0.2, 0) is 14.0 Å². The van der Waals surface area contributed by atoms with E-state index in [0.717, 1.165) is 61.8 Å². The minimum atomic E-state index is -2.22. The predicted molar refractivity (Wildman–Crippen MR) is 197 cm³/mol. The van der Waals surface area contributed by atoms with Crippen molar-refractivity contribution in [2.24, 2.45) is 11.8 Å². The standard InChI is InChI=1S/C41H56O7Si/c1-41(2,3)49(4,5)48-37(39(43)44)23-14-8-13-22-35-34(21-15-16-28-46-33-19-11-7-12-20-33)36(42)29-38(35)47-40(45)32-26-24-31(25-27-32)30-17-9-6-10-18-30/h6-7,9-12,17-20,24-27,34-38,42H,8,13-16,21-23,28-29H2,1-5H3,(H,43,44)/t34-,35-,36?,37?,38+/m1/s1. The summed E-state index contributed by atoms with van der Waals surface area (Å²) in [6.45, 7) is 11.1. The quantitative estimate of drug-likeness (QED) is 0.0780. The fraction of sp³-hybridized carbons (Fsp3) is 0.512. The van der Waals surface area contributed by atoms with Crippen LogP contribution >= 0.6 is 0 Å². The molecule has 0 bridgehead atoms. The van der Waals surface area contributed by atoms with E-state index in [2.05, 4.69) is 33.9 Å².